The third-order valence-electron chi connectivity index (χ3n) is 2.16. The van der Waals surface area contributed by atoms with Crippen molar-refractivity contribution in [2.45, 2.75) is 4.90 Å². The number of benzene rings is 2. The third-order valence-corrected chi connectivity index (χ3v) is 3.05. The third kappa shape index (κ3) is 4.52. The van der Waals surface area contributed by atoms with Gasteiger partial charge in [0.05, 0.1) is 10.6 Å². The molecule has 0 atom stereocenters. The van der Waals surface area contributed by atoms with Crippen LogP contribution in [0.2, 0.25) is 0 Å². The number of azo groups is 1. The van der Waals surface area contributed by atoms with Gasteiger partial charge in [-0.25, -0.2) is 8.42 Å². The molecule has 0 fully saturated rings. The Balaban J connectivity index is 0.00000180. The molecule has 0 radical (unpaired) electrons. The Hall–Kier alpha value is -1.05. The summed E-state index contributed by atoms with van der Waals surface area (Å²) in [7, 11) is -4.54. The van der Waals surface area contributed by atoms with Gasteiger partial charge in [0.2, 0.25) is 0 Å². The van der Waals surface area contributed by atoms with E-state index in [-0.39, 0.29) is 40.1 Å². The molecule has 0 saturated carbocycles. The van der Waals surface area contributed by atoms with Crippen molar-refractivity contribution >= 4 is 21.5 Å². The summed E-state index contributed by atoms with van der Waals surface area (Å²) in [6.07, 6.45) is 0. The van der Waals surface area contributed by atoms with Crippen molar-refractivity contribution in [2.24, 2.45) is 10.2 Å². The van der Waals surface area contributed by atoms with Crippen molar-refractivity contribution in [3.63, 3.8) is 0 Å². The maximum Gasteiger partial charge on any atom is 1.00 e. The fourth-order valence-corrected chi connectivity index (χ4v) is 1.97. The second-order valence-corrected chi connectivity index (χ2v) is 4.81. The van der Waals surface area contributed by atoms with E-state index in [1.807, 2.05) is 6.07 Å². The number of hydrogen-bond acceptors (Lipinski definition) is 5. The number of rotatable bonds is 3. The van der Waals surface area contributed by atoms with E-state index in [0.717, 1.165) is 0 Å². The zero-order chi connectivity index (χ0) is 13.0. The van der Waals surface area contributed by atoms with E-state index in [2.05, 4.69) is 10.2 Å². The van der Waals surface area contributed by atoms with Gasteiger partial charge in [0.15, 0.2) is 0 Å². The minimum absolute atomic E-state index is 0. The maximum atomic E-state index is 11.0. The van der Waals surface area contributed by atoms with E-state index in [0.29, 0.717) is 5.69 Å². The summed E-state index contributed by atoms with van der Waals surface area (Å²) in [4.78, 5) is -0.371. The van der Waals surface area contributed by atoms with Crippen LogP contribution in [-0.4, -0.2) is 13.0 Å². The second-order valence-electron chi connectivity index (χ2n) is 3.46. The van der Waals surface area contributed by atoms with E-state index in [4.69, 9.17) is 0 Å². The number of hydrogen-bond donors (Lipinski definition) is 0. The van der Waals surface area contributed by atoms with Gasteiger partial charge in [0.25, 0.3) is 0 Å². The smallest absolute Gasteiger partial charge is 0.744 e. The van der Waals surface area contributed by atoms with Crippen LogP contribution in [0, 0.1) is 0 Å². The Morgan fingerprint density at radius 3 is 2.05 bits per heavy atom. The molecule has 0 unspecified atom stereocenters. The van der Waals surface area contributed by atoms with Crippen LogP contribution in [0.1, 0.15) is 0 Å². The van der Waals surface area contributed by atoms with Crippen LogP contribution in [0.4, 0.5) is 11.4 Å². The fraction of sp³-hybridized carbons (Fsp3) is 0. The predicted octanol–water partition coefficient (Wildman–Crippen LogP) is 0.0101. The molecule has 19 heavy (non-hydrogen) atoms. The van der Waals surface area contributed by atoms with Crippen LogP contribution in [0.3, 0.4) is 0 Å². The van der Waals surface area contributed by atoms with E-state index in [1.54, 1.807) is 30.3 Å². The van der Waals surface area contributed by atoms with Gasteiger partial charge in [-0.1, -0.05) is 30.3 Å². The molecule has 0 N–H and O–H groups in total. The molecule has 0 aliphatic heterocycles. The molecule has 0 amide bonds. The minimum Gasteiger partial charge on any atom is -0.744 e. The topological polar surface area (TPSA) is 81.9 Å². The van der Waals surface area contributed by atoms with Crippen molar-refractivity contribution in [2.75, 3.05) is 0 Å². The van der Waals surface area contributed by atoms with Gasteiger partial charge in [-0.3, -0.25) is 0 Å². The monoisotopic (exact) mass is 284 g/mol. The van der Waals surface area contributed by atoms with E-state index in [9.17, 15) is 13.0 Å². The van der Waals surface area contributed by atoms with Gasteiger partial charge in [-0.15, -0.1) is 5.11 Å². The Labute approximate surface area is 133 Å². The van der Waals surface area contributed by atoms with E-state index >= 15 is 0 Å². The average molecular weight is 284 g/mol. The van der Waals surface area contributed by atoms with Crippen LogP contribution in [0.25, 0.3) is 0 Å². The first kappa shape index (κ1) is 16.0. The standard InChI is InChI=1S/C12H10N2O3S.Na/c15-18(16,17)12-9-5-4-8-11(12)14-13-10-6-2-1-3-7-10;/h1-9H,(H,15,16,17);/q;+1/p-1. The van der Waals surface area contributed by atoms with Crippen LogP contribution in [0.15, 0.2) is 69.7 Å². The molecule has 0 saturated heterocycles. The van der Waals surface area contributed by atoms with Gasteiger partial charge in [0.1, 0.15) is 15.8 Å². The van der Waals surface area contributed by atoms with Crippen LogP contribution in [0.5, 0.6) is 0 Å². The largest absolute Gasteiger partial charge is 1.00 e. The molecule has 2 aromatic carbocycles. The van der Waals surface area contributed by atoms with Crippen molar-refractivity contribution in [3.05, 3.63) is 54.6 Å². The molecule has 0 aliphatic rings. The molecule has 92 valence electrons. The van der Waals surface area contributed by atoms with Gasteiger partial charge >= 0.3 is 29.6 Å². The summed E-state index contributed by atoms with van der Waals surface area (Å²) >= 11 is 0. The first-order valence-corrected chi connectivity index (χ1v) is 6.50. The average Bonchev–Trinajstić information content (AvgIpc) is 2.37. The van der Waals surface area contributed by atoms with Gasteiger partial charge < -0.3 is 4.55 Å². The Morgan fingerprint density at radius 2 is 1.42 bits per heavy atom. The van der Waals surface area contributed by atoms with Crippen molar-refractivity contribution in [3.8, 4) is 0 Å². The van der Waals surface area contributed by atoms with Crippen molar-refractivity contribution in [1.82, 2.24) is 0 Å². The molecule has 2 rings (SSSR count). The van der Waals surface area contributed by atoms with E-state index in [1.165, 1.54) is 18.2 Å². The van der Waals surface area contributed by atoms with Crippen molar-refractivity contribution < 1.29 is 42.5 Å². The normalized spacial score (nSPS) is 11.2. The van der Waals surface area contributed by atoms with Gasteiger partial charge in [-0.2, -0.15) is 5.11 Å². The summed E-state index contributed by atoms with van der Waals surface area (Å²) in [6, 6.07) is 14.5. The Bertz CT molecular complexity index is 672. The maximum absolute atomic E-state index is 11.0. The van der Waals surface area contributed by atoms with E-state index < -0.39 is 10.1 Å². The van der Waals surface area contributed by atoms with Crippen molar-refractivity contribution in [1.29, 1.82) is 0 Å². The predicted molar refractivity (Wildman–Crippen MR) is 65.0 cm³/mol. The molecular weight excluding hydrogens is 275 g/mol. The fourth-order valence-electron chi connectivity index (χ4n) is 1.36. The second kappa shape index (κ2) is 6.93. The minimum atomic E-state index is -4.54. The summed E-state index contributed by atoms with van der Waals surface area (Å²) in [6.45, 7) is 0. The molecule has 2 aromatic rings. The molecular formula is C12H9N2NaO3S. The molecule has 5 nitrogen and oxygen atoms in total. The molecule has 7 heteroatoms. The van der Waals surface area contributed by atoms with Crippen LogP contribution < -0.4 is 29.6 Å². The first-order chi connectivity index (χ1) is 8.57. The molecule has 0 spiro atoms. The molecule has 0 aromatic heterocycles. The van der Waals surface area contributed by atoms with Crippen LogP contribution >= 0.6 is 0 Å². The van der Waals surface area contributed by atoms with Crippen LogP contribution in [-0.2, 0) is 10.1 Å². The van der Waals surface area contributed by atoms with Gasteiger partial charge in [0, 0.05) is 0 Å². The zero-order valence-electron chi connectivity index (χ0n) is 10.2. The summed E-state index contributed by atoms with van der Waals surface area (Å²) in [5.74, 6) is 0. The number of nitrogens with zero attached hydrogens (tertiary/aromatic N) is 2. The summed E-state index contributed by atoms with van der Waals surface area (Å²) in [5, 5.41) is 7.66. The molecule has 0 bridgehead atoms. The zero-order valence-corrected chi connectivity index (χ0v) is 13.0. The SMILES string of the molecule is O=S(=O)([O-])c1ccccc1N=Nc1ccccc1.[Na+]. The quantitative estimate of drug-likeness (QED) is 0.452. The Morgan fingerprint density at radius 1 is 0.842 bits per heavy atom. The molecule has 0 heterocycles. The Kier molecular flexibility index (Phi) is 5.84. The first-order valence-electron chi connectivity index (χ1n) is 5.09. The summed E-state index contributed by atoms with van der Waals surface area (Å²) in [5.41, 5.74) is 0.618. The van der Waals surface area contributed by atoms with Gasteiger partial charge in [-0.05, 0) is 24.3 Å². The summed E-state index contributed by atoms with van der Waals surface area (Å²) < 4.78 is 33.0. The molecule has 0 aliphatic carbocycles.